The second-order valence-electron chi connectivity index (χ2n) is 4.41. The molecule has 0 bridgehead atoms. The highest BCUT2D eigenvalue weighted by atomic mass is 15.0. The van der Waals surface area contributed by atoms with E-state index in [4.69, 9.17) is 0 Å². The molecule has 1 heterocycles. The number of para-hydroxylation sites is 1. The summed E-state index contributed by atoms with van der Waals surface area (Å²) in [5, 5.41) is 8.01. The first-order valence-corrected chi connectivity index (χ1v) is 6.08. The van der Waals surface area contributed by atoms with Crippen LogP contribution in [0.15, 0.2) is 36.5 Å². The van der Waals surface area contributed by atoms with Crippen molar-refractivity contribution in [1.29, 1.82) is 0 Å². The second-order valence-corrected chi connectivity index (χ2v) is 4.41. The number of anilines is 1. The van der Waals surface area contributed by atoms with E-state index < -0.39 is 0 Å². The molecule has 0 radical (unpaired) electrons. The number of hydrogen-bond donors (Lipinski definition) is 2. The van der Waals surface area contributed by atoms with Gasteiger partial charge in [0, 0.05) is 36.4 Å². The van der Waals surface area contributed by atoms with Gasteiger partial charge in [0.15, 0.2) is 0 Å². The Bertz CT molecular complexity index is 474. The molecule has 2 rings (SSSR count). The van der Waals surface area contributed by atoms with E-state index in [2.05, 4.69) is 35.5 Å². The van der Waals surface area contributed by atoms with Crippen LogP contribution in [0, 0.1) is 0 Å². The van der Waals surface area contributed by atoms with Gasteiger partial charge in [-0.15, -0.1) is 0 Å². The maximum absolute atomic E-state index is 4.34. The fourth-order valence-electron chi connectivity index (χ4n) is 1.81. The SMILES string of the molecule is CC(C)NCCNc1ccnc2ccccc12. The molecule has 1 aromatic carbocycles. The summed E-state index contributed by atoms with van der Waals surface area (Å²) >= 11 is 0. The van der Waals surface area contributed by atoms with Gasteiger partial charge in [-0.1, -0.05) is 32.0 Å². The van der Waals surface area contributed by atoms with Crippen LogP contribution in [-0.2, 0) is 0 Å². The molecule has 2 N–H and O–H groups in total. The number of nitrogens with zero attached hydrogens (tertiary/aromatic N) is 1. The number of rotatable bonds is 5. The average molecular weight is 229 g/mol. The van der Waals surface area contributed by atoms with Crippen LogP contribution in [-0.4, -0.2) is 24.1 Å². The van der Waals surface area contributed by atoms with E-state index in [9.17, 15) is 0 Å². The molecular weight excluding hydrogens is 210 g/mol. The van der Waals surface area contributed by atoms with Gasteiger partial charge >= 0.3 is 0 Å². The number of hydrogen-bond acceptors (Lipinski definition) is 3. The Balaban J connectivity index is 2.03. The number of aromatic nitrogens is 1. The molecule has 0 saturated carbocycles. The van der Waals surface area contributed by atoms with Crippen molar-refractivity contribution in [2.45, 2.75) is 19.9 Å². The molecule has 17 heavy (non-hydrogen) atoms. The molecule has 90 valence electrons. The topological polar surface area (TPSA) is 37.0 Å². The molecule has 3 nitrogen and oxygen atoms in total. The Morgan fingerprint density at radius 2 is 1.94 bits per heavy atom. The maximum Gasteiger partial charge on any atom is 0.0722 e. The fourth-order valence-corrected chi connectivity index (χ4v) is 1.81. The first kappa shape index (κ1) is 11.9. The van der Waals surface area contributed by atoms with Crippen LogP contribution in [0.3, 0.4) is 0 Å². The fraction of sp³-hybridized carbons (Fsp3) is 0.357. The number of nitrogens with one attached hydrogen (secondary N) is 2. The zero-order chi connectivity index (χ0) is 12.1. The molecular formula is C14H19N3. The molecule has 0 atom stereocenters. The van der Waals surface area contributed by atoms with E-state index in [-0.39, 0.29) is 0 Å². The van der Waals surface area contributed by atoms with Gasteiger partial charge in [0.25, 0.3) is 0 Å². The third-order valence-corrected chi connectivity index (χ3v) is 2.64. The number of fused-ring (bicyclic) bond motifs is 1. The quantitative estimate of drug-likeness (QED) is 0.774. The molecule has 0 aliphatic heterocycles. The minimum Gasteiger partial charge on any atom is -0.383 e. The van der Waals surface area contributed by atoms with Gasteiger partial charge in [0.1, 0.15) is 0 Å². The highest BCUT2D eigenvalue weighted by molar-refractivity contribution is 5.90. The Hall–Kier alpha value is -1.61. The van der Waals surface area contributed by atoms with Crippen LogP contribution in [0.1, 0.15) is 13.8 Å². The third kappa shape index (κ3) is 3.17. The normalized spacial score (nSPS) is 11.0. The van der Waals surface area contributed by atoms with E-state index in [0.717, 1.165) is 24.3 Å². The smallest absolute Gasteiger partial charge is 0.0722 e. The third-order valence-electron chi connectivity index (χ3n) is 2.64. The van der Waals surface area contributed by atoms with Gasteiger partial charge in [-0.3, -0.25) is 4.98 Å². The first-order chi connectivity index (χ1) is 8.27. The predicted octanol–water partition coefficient (Wildman–Crippen LogP) is 2.64. The van der Waals surface area contributed by atoms with Gasteiger partial charge in [0.2, 0.25) is 0 Å². The van der Waals surface area contributed by atoms with Crippen molar-refractivity contribution in [2.24, 2.45) is 0 Å². The average Bonchev–Trinajstić information content (AvgIpc) is 2.34. The highest BCUT2D eigenvalue weighted by Crippen LogP contribution is 2.20. The molecule has 0 fully saturated rings. The molecule has 0 aliphatic rings. The summed E-state index contributed by atoms with van der Waals surface area (Å²) < 4.78 is 0. The van der Waals surface area contributed by atoms with Crippen LogP contribution >= 0.6 is 0 Å². The van der Waals surface area contributed by atoms with Crippen LogP contribution in [0.25, 0.3) is 10.9 Å². The van der Waals surface area contributed by atoms with Crippen LogP contribution < -0.4 is 10.6 Å². The summed E-state index contributed by atoms with van der Waals surface area (Å²) in [4.78, 5) is 4.34. The Morgan fingerprint density at radius 3 is 2.76 bits per heavy atom. The first-order valence-electron chi connectivity index (χ1n) is 6.08. The summed E-state index contributed by atoms with van der Waals surface area (Å²) in [6.45, 7) is 6.20. The van der Waals surface area contributed by atoms with Crippen LogP contribution in [0.5, 0.6) is 0 Å². The monoisotopic (exact) mass is 229 g/mol. The Labute approximate surface area is 102 Å². The minimum atomic E-state index is 0.533. The molecule has 2 aromatic rings. The summed E-state index contributed by atoms with van der Waals surface area (Å²) in [7, 11) is 0. The van der Waals surface area contributed by atoms with Crippen LogP contribution in [0.4, 0.5) is 5.69 Å². The molecule has 3 heteroatoms. The van der Waals surface area contributed by atoms with E-state index in [1.165, 1.54) is 5.39 Å². The van der Waals surface area contributed by atoms with Crippen molar-refractivity contribution in [1.82, 2.24) is 10.3 Å². The van der Waals surface area contributed by atoms with Gasteiger partial charge in [-0.2, -0.15) is 0 Å². The van der Waals surface area contributed by atoms with Crippen molar-refractivity contribution >= 4 is 16.6 Å². The van der Waals surface area contributed by atoms with Crippen molar-refractivity contribution in [3.05, 3.63) is 36.5 Å². The standard InChI is InChI=1S/C14H19N3/c1-11(2)15-9-10-17-14-7-8-16-13-6-4-3-5-12(13)14/h3-8,11,15H,9-10H2,1-2H3,(H,16,17). The largest absolute Gasteiger partial charge is 0.383 e. The molecule has 0 saturated heterocycles. The predicted molar refractivity (Wildman–Crippen MR) is 73.4 cm³/mol. The van der Waals surface area contributed by atoms with Crippen molar-refractivity contribution in [3.8, 4) is 0 Å². The number of benzene rings is 1. The van der Waals surface area contributed by atoms with E-state index in [1.807, 2.05) is 30.5 Å². The summed E-state index contributed by atoms with van der Waals surface area (Å²) in [5.41, 5.74) is 2.19. The van der Waals surface area contributed by atoms with E-state index in [0.29, 0.717) is 6.04 Å². The lowest BCUT2D eigenvalue weighted by Crippen LogP contribution is -2.28. The Morgan fingerprint density at radius 1 is 1.12 bits per heavy atom. The lowest BCUT2D eigenvalue weighted by Gasteiger charge is -2.11. The van der Waals surface area contributed by atoms with Crippen molar-refractivity contribution < 1.29 is 0 Å². The van der Waals surface area contributed by atoms with Gasteiger partial charge in [-0.05, 0) is 12.1 Å². The Kier molecular flexibility index (Phi) is 3.94. The van der Waals surface area contributed by atoms with Crippen molar-refractivity contribution in [3.63, 3.8) is 0 Å². The second kappa shape index (κ2) is 5.64. The zero-order valence-electron chi connectivity index (χ0n) is 10.4. The number of pyridine rings is 1. The highest BCUT2D eigenvalue weighted by Gasteiger charge is 1.99. The molecule has 0 unspecified atom stereocenters. The summed E-state index contributed by atoms with van der Waals surface area (Å²) in [6, 6.07) is 10.7. The van der Waals surface area contributed by atoms with Gasteiger partial charge in [0.05, 0.1) is 5.52 Å². The molecule has 0 aliphatic carbocycles. The van der Waals surface area contributed by atoms with Crippen molar-refractivity contribution in [2.75, 3.05) is 18.4 Å². The molecule has 1 aromatic heterocycles. The minimum absolute atomic E-state index is 0.533. The van der Waals surface area contributed by atoms with Gasteiger partial charge in [-0.25, -0.2) is 0 Å². The lowest BCUT2D eigenvalue weighted by molar-refractivity contribution is 0.602. The lowest BCUT2D eigenvalue weighted by atomic mass is 10.2. The maximum atomic E-state index is 4.34. The summed E-state index contributed by atoms with van der Waals surface area (Å²) in [5.74, 6) is 0. The van der Waals surface area contributed by atoms with Crippen LogP contribution in [0.2, 0.25) is 0 Å². The van der Waals surface area contributed by atoms with E-state index >= 15 is 0 Å². The van der Waals surface area contributed by atoms with E-state index in [1.54, 1.807) is 0 Å². The van der Waals surface area contributed by atoms with Gasteiger partial charge < -0.3 is 10.6 Å². The molecule has 0 spiro atoms. The summed E-state index contributed by atoms with van der Waals surface area (Å²) in [6.07, 6.45) is 1.85. The zero-order valence-corrected chi connectivity index (χ0v) is 10.4. The molecule has 0 amide bonds.